The van der Waals surface area contributed by atoms with Gasteiger partial charge in [0.05, 0.1) is 27.7 Å². The van der Waals surface area contributed by atoms with Crippen LogP contribution in [0.1, 0.15) is 12.0 Å². The number of amides is 2. The second kappa shape index (κ2) is 5.68. The Morgan fingerprint density at radius 1 is 1.43 bits per heavy atom. The molecule has 1 aromatic rings. The molecule has 21 heavy (non-hydrogen) atoms. The highest BCUT2D eigenvalue weighted by atomic mass is 32.2. The van der Waals surface area contributed by atoms with Crippen molar-refractivity contribution >= 4 is 27.2 Å². The van der Waals surface area contributed by atoms with Gasteiger partial charge in [0.1, 0.15) is 0 Å². The van der Waals surface area contributed by atoms with Gasteiger partial charge in [0.2, 0.25) is 0 Å². The van der Waals surface area contributed by atoms with Crippen LogP contribution in [-0.4, -0.2) is 36.9 Å². The van der Waals surface area contributed by atoms with Gasteiger partial charge in [-0.1, -0.05) is 6.07 Å². The summed E-state index contributed by atoms with van der Waals surface area (Å²) in [4.78, 5) is 22.1. The molecule has 0 radical (unpaired) electrons. The molecule has 9 heteroatoms. The molecule has 0 unspecified atom stereocenters. The van der Waals surface area contributed by atoms with Crippen molar-refractivity contribution in [2.75, 3.05) is 16.8 Å². The van der Waals surface area contributed by atoms with Crippen LogP contribution in [-0.2, 0) is 9.84 Å². The summed E-state index contributed by atoms with van der Waals surface area (Å²) >= 11 is 0. The van der Waals surface area contributed by atoms with Crippen LogP contribution >= 0.6 is 0 Å². The minimum Gasteiger partial charge on any atom is -0.334 e. The number of hydrogen-bond acceptors (Lipinski definition) is 5. The zero-order valence-electron chi connectivity index (χ0n) is 11.3. The minimum atomic E-state index is -3.07. The molecule has 0 saturated carbocycles. The van der Waals surface area contributed by atoms with E-state index in [0.29, 0.717) is 17.7 Å². The summed E-state index contributed by atoms with van der Waals surface area (Å²) in [5.41, 5.74) is 0.579. The summed E-state index contributed by atoms with van der Waals surface area (Å²) < 4.78 is 22.6. The first-order chi connectivity index (χ1) is 9.78. The van der Waals surface area contributed by atoms with E-state index in [4.69, 9.17) is 0 Å². The smallest absolute Gasteiger partial charge is 0.319 e. The van der Waals surface area contributed by atoms with E-state index in [1.54, 1.807) is 6.07 Å². The maximum atomic E-state index is 11.8. The molecule has 1 aromatic carbocycles. The zero-order chi connectivity index (χ0) is 15.6. The molecule has 8 nitrogen and oxygen atoms in total. The number of carbonyl (C=O) groups is 1. The standard InChI is InChI=1S/C12H15N3O5S/c1-8-10(3-2-4-11(8)15(17)18)14-12(16)13-9-5-6-21(19,20)7-9/h2-4,9H,5-7H2,1H3,(H2,13,14,16)/t9-/m1/s1. The van der Waals surface area contributed by atoms with E-state index in [1.165, 1.54) is 19.1 Å². The quantitative estimate of drug-likeness (QED) is 0.642. The topological polar surface area (TPSA) is 118 Å². The molecule has 0 aromatic heterocycles. The summed E-state index contributed by atoms with van der Waals surface area (Å²) in [5.74, 6) is -0.0118. The first kappa shape index (κ1) is 15.2. The van der Waals surface area contributed by atoms with Crippen LogP contribution in [0.2, 0.25) is 0 Å². The van der Waals surface area contributed by atoms with Gasteiger partial charge in [0, 0.05) is 12.1 Å². The average Bonchev–Trinajstić information content (AvgIpc) is 2.70. The SMILES string of the molecule is Cc1c(NC(=O)N[C@@H]2CCS(=O)(=O)C2)cccc1[N+](=O)[O-]. The van der Waals surface area contributed by atoms with Crippen molar-refractivity contribution in [1.82, 2.24) is 5.32 Å². The summed E-state index contributed by atoms with van der Waals surface area (Å²) in [6, 6.07) is 3.38. The number of nitrogens with one attached hydrogen (secondary N) is 2. The van der Waals surface area contributed by atoms with Crippen molar-refractivity contribution in [1.29, 1.82) is 0 Å². The third kappa shape index (κ3) is 3.69. The van der Waals surface area contributed by atoms with E-state index in [0.717, 1.165) is 0 Å². The number of urea groups is 1. The lowest BCUT2D eigenvalue weighted by Crippen LogP contribution is -2.38. The Morgan fingerprint density at radius 2 is 2.14 bits per heavy atom. The number of nitro groups is 1. The molecule has 2 rings (SSSR count). The Morgan fingerprint density at radius 3 is 2.71 bits per heavy atom. The Labute approximate surface area is 121 Å². The molecule has 2 amide bonds. The van der Waals surface area contributed by atoms with Gasteiger partial charge in [-0.2, -0.15) is 0 Å². The van der Waals surface area contributed by atoms with Crippen molar-refractivity contribution in [2.45, 2.75) is 19.4 Å². The van der Waals surface area contributed by atoms with E-state index in [9.17, 15) is 23.3 Å². The molecule has 1 heterocycles. The predicted octanol–water partition coefficient (Wildman–Crippen LogP) is 1.21. The fraction of sp³-hybridized carbons (Fsp3) is 0.417. The number of rotatable bonds is 3. The van der Waals surface area contributed by atoms with Gasteiger partial charge in [-0.05, 0) is 19.4 Å². The molecule has 0 bridgehead atoms. The summed E-state index contributed by atoms with van der Waals surface area (Å²) in [5, 5.41) is 15.9. The number of hydrogen-bond donors (Lipinski definition) is 2. The molecule has 2 N–H and O–H groups in total. The van der Waals surface area contributed by atoms with E-state index < -0.39 is 26.8 Å². The molecule has 1 atom stereocenters. The summed E-state index contributed by atoms with van der Waals surface area (Å²) in [7, 11) is -3.07. The number of sulfone groups is 1. The highest BCUT2D eigenvalue weighted by Gasteiger charge is 2.29. The highest BCUT2D eigenvalue weighted by molar-refractivity contribution is 7.91. The van der Waals surface area contributed by atoms with Gasteiger partial charge in [-0.3, -0.25) is 10.1 Å². The van der Waals surface area contributed by atoms with Crippen LogP contribution in [0.15, 0.2) is 18.2 Å². The van der Waals surface area contributed by atoms with Crippen molar-refractivity contribution in [3.8, 4) is 0 Å². The summed E-state index contributed by atoms with van der Waals surface area (Å²) in [6.45, 7) is 1.54. The second-order valence-electron chi connectivity index (χ2n) is 4.91. The first-order valence-electron chi connectivity index (χ1n) is 6.30. The van der Waals surface area contributed by atoms with Crippen LogP contribution in [0, 0.1) is 17.0 Å². The van der Waals surface area contributed by atoms with Crippen LogP contribution < -0.4 is 10.6 Å². The average molecular weight is 313 g/mol. The number of nitro benzene ring substituents is 1. The number of anilines is 1. The van der Waals surface area contributed by atoms with Crippen LogP contribution in [0.5, 0.6) is 0 Å². The zero-order valence-corrected chi connectivity index (χ0v) is 12.1. The third-order valence-corrected chi connectivity index (χ3v) is 5.09. The molecular weight excluding hydrogens is 298 g/mol. The number of benzene rings is 1. The van der Waals surface area contributed by atoms with Crippen LogP contribution in [0.3, 0.4) is 0 Å². The monoisotopic (exact) mass is 313 g/mol. The van der Waals surface area contributed by atoms with Gasteiger partial charge in [-0.25, -0.2) is 13.2 Å². The fourth-order valence-corrected chi connectivity index (χ4v) is 3.88. The van der Waals surface area contributed by atoms with Crippen LogP contribution in [0.4, 0.5) is 16.2 Å². The van der Waals surface area contributed by atoms with Crippen molar-refractivity contribution in [3.63, 3.8) is 0 Å². The Bertz CT molecular complexity index is 686. The molecule has 1 saturated heterocycles. The Balaban J connectivity index is 2.04. The molecule has 1 fully saturated rings. The lowest BCUT2D eigenvalue weighted by molar-refractivity contribution is -0.385. The minimum absolute atomic E-state index is 0.0633. The van der Waals surface area contributed by atoms with Crippen LogP contribution in [0.25, 0.3) is 0 Å². The Kier molecular flexibility index (Phi) is 4.12. The normalized spacial score (nSPS) is 20.0. The van der Waals surface area contributed by atoms with Gasteiger partial charge in [0.25, 0.3) is 5.69 Å². The second-order valence-corrected chi connectivity index (χ2v) is 7.13. The summed E-state index contributed by atoms with van der Waals surface area (Å²) in [6.07, 6.45) is 0.379. The lowest BCUT2D eigenvalue weighted by Gasteiger charge is -2.13. The molecule has 114 valence electrons. The van der Waals surface area contributed by atoms with Crippen molar-refractivity contribution < 1.29 is 18.1 Å². The molecule has 0 spiro atoms. The largest absolute Gasteiger partial charge is 0.334 e. The molecule has 1 aliphatic heterocycles. The van der Waals surface area contributed by atoms with E-state index >= 15 is 0 Å². The number of nitrogens with zero attached hydrogens (tertiary/aromatic N) is 1. The lowest BCUT2D eigenvalue weighted by atomic mass is 10.1. The van der Waals surface area contributed by atoms with E-state index in [2.05, 4.69) is 10.6 Å². The predicted molar refractivity (Wildman–Crippen MR) is 77.0 cm³/mol. The third-order valence-electron chi connectivity index (χ3n) is 3.32. The van der Waals surface area contributed by atoms with E-state index in [-0.39, 0.29) is 17.2 Å². The highest BCUT2D eigenvalue weighted by Crippen LogP contribution is 2.25. The van der Waals surface area contributed by atoms with Gasteiger partial charge < -0.3 is 10.6 Å². The maximum absolute atomic E-state index is 11.8. The van der Waals surface area contributed by atoms with E-state index in [1.807, 2.05) is 0 Å². The van der Waals surface area contributed by atoms with Gasteiger partial charge in [0.15, 0.2) is 9.84 Å². The van der Waals surface area contributed by atoms with Crippen molar-refractivity contribution in [2.24, 2.45) is 0 Å². The van der Waals surface area contributed by atoms with Gasteiger partial charge in [-0.15, -0.1) is 0 Å². The molecule has 0 aliphatic carbocycles. The Hall–Kier alpha value is -2.16. The van der Waals surface area contributed by atoms with Crippen molar-refractivity contribution in [3.05, 3.63) is 33.9 Å². The molecular formula is C12H15N3O5S. The maximum Gasteiger partial charge on any atom is 0.319 e. The molecule has 1 aliphatic rings. The number of carbonyl (C=O) groups excluding carboxylic acids is 1. The first-order valence-corrected chi connectivity index (χ1v) is 8.12. The fourth-order valence-electron chi connectivity index (χ4n) is 2.21. The van der Waals surface area contributed by atoms with Gasteiger partial charge >= 0.3 is 6.03 Å².